The summed E-state index contributed by atoms with van der Waals surface area (Å²) in [6.45, 7) is 2.51. The second kappa shape index (κ2) is 5.74. The number of benzene rings is 1. The van der Waals surface area contributed by atoms with Crippen LogP contribution in [-0.4, -0.2) is 18.1 Å². The van der Waals surface area contributed by atoms with Crippen molar-refractivity contribution in [3.63, 3.8) is 0 Å². The molecule has 0 aromatic heterocycles. The molecule has 1 rings (SSSR count). The number of hydrogen-bond donors (Lipinski definition) is 1. The van der Waals surface area contributed by atoms with Gasteiger partial charge in [0.05, 0.1) is 6.61 Å². The predicted molar refractivity (Wildman–Crippen MR) is 59.2 cm³/mol. The lowest BCUT2D eigenvalue weighted by Gasteiger charge is -2.23. The van der Waals surface area contributed by atoms with Crippen molar-refractivity contribution < 1.29 is 31.5 Å². The molecule has 0 aliphatic rings. The zero-order valence-electron chi connectivity index (χ0n) is 10.7. The molecule has 0 radical (unpaired) electrons. The largest absolute Gasteiger partial charge is 0.465 e. The number of nitrogens with two attached hydrogens (primary N) is 1. The predicted octanol–water partition coefficient (Wildman–Crippen LogP) is 2.21. The van der Waals surface area contributed by atoms with Gasteiger partial charge < -0.3 is 10.5 Å². The van der Waals surface area contributed by atoms with Crippen LogP contribution in [0.3, 0.4) is 0 Å². The summed E-state index contributed by atoms with van der Waals surface area (Å²) in [6.07, 6.45) is -0.891. The van der Waals surface area contributed by atoms with E-state index < -0.39 is 52.6 Å². The van der Waals surface area contributed by atoms with Gasteiger partial charge in [-0.1, -0.05) is 0 Å². The number of carbonyl (C=O) groups excluding carboxylic acids is 1. The van der Waals surface area contributed by atoms with Crippen molar-refractivity contribution in [3.8, 4) is 0 Å². The van der Waals surface area contributed by atoms with Crippen LogP contribution < -0.4 is 5.73 Å². The SMILES string of the molecule is CCOC(=O)[C@@](C)(N)Cc1c(F)c(F)c(F)c(F)c1F. The Labute approximate surface area is 111 Å². The molecule has 0 aliphatic carbocycles. The molecule has 0 saturated heterocycles. The minimum Gasteiger partial charge on any atom is -0.465 e. The second-order valence-electron chi connectivity index (χ2n) is 4.36. The number of hydrogen-bond acceptors (Lipinski definition) is 3. The van der Waals surface area contributed by atoms with Crippen molar-refractivity contribution >= 4 is 5.97 Å². The van der Waals surface area contributed by atoms with Crippen LogP contribution in [0, 0.1) is 29.1 Å². The van der Waals surface area contributed by atoms with E-state index in [0.29, 0.717) is 0 Å². The van der Waals surface area contributed by atoms with E-state index in [1.807, 2.05) is 0 Å². The van der Waals surface area contributed by atoms with Crippen LogP contribution in [0.25, 0.3) is 0 Å². The number of ether oxygens (including phenoxy) is 1. The minimum absolute atomic E-state index is 0.0390. The lowest BCUT2D eigenvalue weighted by molar-refractivity contribution is -0.148. The molecule has 0 aliphatic heterocycles. The van der Waals surface area contributed by atoms with Crippen molar-refractivity contribution in [2.24, 2.45) is 5.73 Å². The van der Waals surface area contributed by atoms with Gasteiger partial charge in [0.15, 0.2) is 23.3 Å². The van der Waals surface area contributed by atoms with Crippen LogP contribution >= 0.6 is 0 Å². The monoisotopic (exact) mass is 297 g/mol. The molecule has 0 spiro atoms. The van der Waals surface area contributed by atoms with Crippen LogP contribution in [0.2, 0.25) is 0 Å². The highest BCUT2D eigenvalue weighted by molar-refractivity contribution is 5.80. The maximum atomic E-state index is 13.5. The Morgan fingerprint density at radius 1 is 1.05 bits per heavy atom. The van der Waals surface area contributed by atoms with E-state index in [-0.39, 0.29) is 6.61 Å². The Bertz CT molecular complexity index is 516. The van der Waals surface area contributed by atoms with Gasteiger partial charge in [-0.25, -0.2) is 22.0 Å². The lowest BCUT2D eigenvalue weighted by Crippen LogP contribution is -2.48. The Morgan fingerprint density at radius 2 is 1.45 bits per heavy atom. The van der Waals surface area contributed by atoms with E-state index in [9.17, 15) is 26.7 Å². The third-order valence-corrected chi connectivity index (χ3v) is 2.59. The Balaban J connectivity index is 3.26. The average Bonchev–Trinajstić information content (AvgIpc) is 2.39. The molecule has 0 amide bonds. The summed E-state index contributed by atoms with van der Waals surface area (Å²) in [5.74, 6) is -11.5. The molecule has 3 nitrogen and oxygen atoms in total. The standard InChI is InChI=1S/C12H12F5NO2/c1-3-20-11(19)12(2,18)4-5-6(13)8(15)10(17)9(16)7(5)14/h3-4,18H2,1-2H3/t12-/m0/s1. The zero-order chi connectivity index (χ0) is 15.7. The van der Waals surface area contributed by atoms with Gasteiger partial charge in [0.25, 0.3) is 0 Å². The molecule has 0 heterocycles. The van der Waals surface area contributed by atoms with E-state index in [2.05, 4.69) is 4.74 Å². The van der Waals surface area contributed by atoms with E-state index in [0.717, 1.165) is 6.92 Å². The molecule has 0 saturated carbocycles. The number of esters is 1. The number of carbonyl (C=O) groups is 1. The molecule has 1 aromatic rings. The van der Waals surface area contributed by atoms with Crippen molar-refractivity contribution in [2.75, 3.05) is 6.61 Å². The molecule has 2 N–H and O–H groups in total. The number of halogens is 5. The summed E-state index contributed by atoms with van der Waals surface area (Å²) in [7, 11) is 0. The third kappa shape index (κ3) is 2.90. The number of rotatable bonds is 4. The average molecular weight is 297 g/mol. The van der Waals surface area contributed by atoms with Crippen LogP contribution in [-0.2, 0) is 16.0 Å². The van der Waals surface area contributed by atoms with Crippen molar-refractivity contribution in [1.82, 2.24) is 0 Å². The lowest BCUT2D eigenvalue weighted by atomic mass is 9.93. The molecule has 112 valence electrons. The smallest absolute Gasteiger partial charge is 0.326 e. The van der Waals surface area contributed by atoms with Gasteiger partial charge in [0.1, 0.15) is 5.54 Å². The van der Waals surface area contributed by atoms with Crippen LogP contribution in [0.1, 0.15) is 19.4 Å². The van der Waals surface area contributed by atoms with Gasteiger partial charge in [0.2, 0.25) is 5.82 Å². The van der Waals surface area contributed by atoms with Gasteiger partial charge in [0, 0.05) is 12.0 Å². The van der Waals surface area contributed by atoms with Gasteiger partial charge in [-0.3, -0.25) is 4.79 Å². The van der Waals surface area contributed by atoms with Crippen molar-refractivity contribution in [1.29, 1.82) is 0 Å². The molecule has 1 atom stereocenters. The summed E-state index contributed by atoms with van der Waals surface area (Å²) in [5, 5.41) is 0. The maximum absolute atomic E-state index is 13.5. The fourth-order valence-electron chi connectivity index (χ4n) is 1.54. The first-order valence-electron chi connectivity index (χ1n) is 5.59. The Hall–Kier alpha value is -1.70. The van der Waals surface area contributed by atoms with Crippen LogP contribution in [0.15, 0.2) is 0 Å². The summed E-state index contributed by atoms with van der Waals surface area (Å²) >= 11 is 0. The normalized spacial score (nSPS) is 14.0. The maximum Gasteiger partial charge on any atom is 0.326 e. The quantitative estimate of drug-likeness (QED) is 0.401. The molecule has 0 fully saturated rings. The molecule has 1 aromatic carbocycles. The summed E-state index contributed by atoms with van der Waals surface area (Å²) in [5.41, 5.74) is 2.43. The first-order chi connectivity index (χ1) is 9.13. The van der Waals surface area contributed by atoms with E-state index >= 15 is 0 Å². The van der Waals surface area contributed by atoms with E-state index in [1.165, 1.54) is 6.92 Å². The highest BCUT2D eigenvalue weighted by atomic mass is 19.2. The van der Waals surface area contributed by atoms with Crippen LogP contribution in [0.5, 0.6) is 0 Å². The first-order valence-corrected chi connectivity index (χ1v) is 5.59. The van der Waals surface area contributed by atoms with Crippen molar-refractivity contribution in [2.45, 2.75) is 25.8 Å². The van der Waals surface area contributed by atoms with E-state index in [4.69, 9.17) is 5.73 Å². The summed E-state index contributed by atoms with van der Waals surface area (Å²) < 4.78 is 70.4. The van der Waals surface area contributed by atoms with Gasteiger partial charge >= 0.3 is 5.97 Å². The van der Waals surface area contributed by atoms with Gasteiger partial charge in [-0.15, -0.1) is 0 Å². The topological polar surface area (TPSA) is 52.3 Å². The molecule has 20 heavy (non-hydrogen) atoms. The fourth-order valence-corrected chi connectivity index (χ4v) is 1.54. The van der Waals surface area contributed by atoms with E-state index in [1.54, 1.807) is 0 Å². The minimum atomic E-state index is -2.27. The fraction of sp³-hybridized carbons (Fsp3) is 0.417. The molecular formula is C12H12F5NO2. The zero-order valence-corrected chi connectivity index (χ0v) is 10.7. The molecule has 0 unspecified atom stereocenters. The molecule has 0 bridgehead atoms. The highest BCUT2D eigenvalue weighted by Crippen LogP contribution is 2.26. The van der Waals surface area contributed by atoms with Crippen molar-refractivity contribution in [3.05, 3.63) is 34.6 Å². The first kappa shape index (κ1) is 16.4. The van der Waals surface area contributed by atoms with Gasteiger partial charge in [-0.2, -0.15) is 0 Å². The second-order valence-corrected chi connectivity index (χ2v) is 4.36. The van der Waals surface area contributed by atoms with Crippen LogP contribution in [0.4, 0.5) is 22.0 Å². The Kier molecular flexibility index (Phi) is 4.69. The van der Waals surface area contributed by atoms with Gasteiger partial charge in [-0.05, 0) is 13.8 Å². The third-order valence-electron chi connectivity index (χ3n) is 2.59. The highest BCUT2D eigenvalue weighted by Gasteiger charge is 2.35. The molecular weight excluding hydrogens is 285 g/mol. The Morgan fingerprint density at radius 3 is 1.85 bits per heavy atom. The molecule has 8 heteroatoms. The summed E-state index contributed by atoms with van der Waals surface area (Å²) in [6, 6.07) is 0. The summed E-state index contributed by atoms with van der Waals surface area (Å²) in [4.78, 5) is 11.5.